The van der Waals surface area contributed by atoms with Crippen molar-refractivity contribution in [2.45, 2.75) is 25.2 Å². The van der Waals surface area contributed by atoms with Gasteiger partial charge in [-0.05, 0) is 18.1 Å². The van der Waals surface area contributed by atoms with Crippen molar-refractivity contribution < 1.29 is 0 Å². The number of nitrogens with two attached hydrogens (primary N) is 1. The summed E-state index contributed by atoms with van der Waals surface area (Å²) in [5, 5.41) is 0. The number of hydrogen-bond acceptors (Lipinski definition) is 4. The number of anilines is 1. The first-order valence-corrected chi connectivity index (χ1v) is 5.80. The number of rotatable bonds is 5. The molecule has 0 radical (unpaired) electrons. The van der Waals surface area contributed by atoms with Crippen LogP contribution in [-0.4, -0.2) is 10.7 Å². The Morgan fingerprint density at radius 1 is 1.64 bits per heavy atom. The van der Waals surface area contributed by atoms with Gasteiger partial charge in [-0.25, -0.2) is 10.8 Å². The van der Waals surface area contributed by atoms with Crippen LogP contribution in [-0.2, 0) is 0 Å². The molecule has 1 atom stereocenters. The molecule has 3 N–H and O–H groups in total. The zero-order valence-electron chi connectivity index (χ0n) is 8.66. The number of hydrazine groups is 1. The van der Waals surface area contributed by atoms with Crippen LogP contribution in [0.15, 0.2) is 23.2 Å². The molecule has 0 aliphatic rings. The Labute approximate surface area is 89.5 Å². The molecule has 1 heterocycles. The van der Waals surface area contributed by atoms with Gasteiger partial charge in [-0.15, -0.1) is 11.8 Å². The molecule has 0 aromatic carbocycles. The van der Waals surface area contributed by atoms with E-state index in [9.17, 15) is 0 Å². The first-order chi connectivity index (χ1) is 6.76. The Balaban J connectivity index is 2.50. The average molecular weight is 211 g/mol. The summed E-state index contributed by atoms with van der Waals surface area (Å²) in [5.74, 6) is 7.90. The van der Waals surface area contributed by atoms with Gasteiger partial charge in [0.1, 0.15) is 5.82 Å². The minimum atomic E-state index is 0.721. The summed E-state index contributed by atoms with van der Waals surface area (Å²) in [6.07, 6.45) is 2.99. The summed E-state index contributed by atoms with van der Waals surface area (Å²) in [7, 11) is 0. The van der Waals surface area contributed by atoms with Crippen molar-refractivity contribution in [3.63, 3.8) is 0 Å². The van der Waals surface area contributed by atoms with Crippen LogP contribution in [0, 0.1) is 5.92 Å². The van der Waals surface area contributed by atoms with Crippen LogP contribution in [0.2, 0.25) is 0 Å². The van der Waals surface area contributed by atoms with Gasteiger partial charge < -0.3 is 5.43 Å². The topological polar surface area (TPSA) is 50.9 Å². The van der Waals surface area contributed by atoms with Gasteiger partial charge >= 0.3 is 0 Å². The molecule has 78 valence electrons. The van der Waals surface area contributed by atoms with Gasteiger partial charge in [0.2, 0.25) is 0 Å². The predicted octanol–water partition coefficient (Wildman–Crippen LogP) is 2.51. The first-order valence-electron chi connectivity index (χ1n) is 4.81. The van der Waals surface area contributed by atoms with Crippen LogP contribution in [0.4, 0.5) is 5.82 Å². The van der Waals surface area contributed by atoms with Crippen molar-refractivity contribution in [3.05, 3.63) is 18.3 Å². The fourth-order valence-corrected chi connectivity index (χ4v) is 2.00. The highest BCUT2D eigenvalue weighted by atomic mass is 32.2. The molecule has 0 aliphatic heterocycles. The molecular formula is C10H17N3S. The lowest BCUT2D eigenvalue weighted by atomic mass is 10.2. The number of nitrogen functional groups attached to an aromatic ring is 1. The van der Waals surface area contributed by atoms with Crippen molar-refractivity contribution >= 4 is 17.6 Å². The molecule has 0 saturated heterocycles. The van der Waals surface area contributed by atoms with Crippen molar-refractivity contribution in [3.8, 4) is 0 Å². The molecule has 0 spiro atoms. The van der Waals surface area contributed by atoms with E-state index in [-0.39, 0.29) is 0 Å². The zero-order chi connectivity index (χ0) is 10.4. The Morgan fingerprint density at radius 3 is 3.07 bits per heavy atom. The van der Waals surface area contributed by atoms with Crippen molar-refractivity contribution in [2.24, 2.45) is 11.8 Å². The largest absolute Gasteiger partial charge is 0.308 e. The van der Waals surface area contributed by atoms with Crippen LogP contribution in [0.25, 0.3) is 0 Å². The Morgan fingerprint density at radius 2 is 2.43 bits per heavy atom. The van der Waals surface area contributed by atoms with E-state index in [0.29, 0.717) is 0 Å². The summed E-state index contributed by atoms with van der Waals surface area (Å²) in [5.41, 5.74) is 2.54. The van der Waals surface area contributed by atoms with Gasteiger partial charge in [-0.2, -0.15) is 0 Å². The molecule has 3 nitrogen and oxygen atoms in total. The minimum absolute atomic E-state index is 0.721. The van der Waals surface area contributed by atoms with E-state index in [1.807, 2.05) is 23.9 Å². The summed E-state index contributed by atoms with van der Waals surface area (Å²) in [6, 6.07) is 3.97. The number of pyridine rings is 1. The van der Waals surface area contributed by atoms with Gasteiger partial charge in [0, 0.05) is 16.8 Å². The van der Waals surface area contributed by atoms with Crippen molar-refractivity contribution in [1.82, 2.24) is 4.98 Å². The van der Waals surface area contributed by atoms with Crippen LogP contribution in [0.1, 0.15) is 20.3 Å². The highest BCUT2D eigenvalue weighted by molar-refractivity contribution is 7.99. The SMILES string of the molecule is CCC(C)CSc1ccnc(NN)c1. The zero-order valence-corrected chi connectivity index (χ0v) is 9.47. The number of nitrogens with zero attached hydrogens (tertiary/aromatic N) is 1. The smallest absolute Gasteiger partial charge is 0.140 e. The molecule has 14 heavy (non-hydrogen) atoms. The van der Waals surface area contributed by atoms with E-state index >= 15 is 0 Å². The molecule has 0 aliphatic carbocycles. The Hall–Kier alpha value is -0.740. The van der Waals surface area contributed by atoms with E-state index in [2.05, 4.69) is 24.3 Å². The molecule has 1 aromatic rings. The van der Waals surface area contributed by atoms with E-state index in [0.717, 1.165) is 17.5 Å². The quantitative estimate of drug-likeness (QED) is 0.446. The number of aromatic nitrogens is 1. The predicted molar refractivity (Wildman–Crippen MR) is 62.2 cm³/mol. The number of nitrogens with one attached hydrogen (secondary N) is 1. The molecule has 0 amide bonds. The maximum atomic E-state index is 5.28. The number of thioether (sulfide) groups is 1. The molecule has 0 bridgehead atoms. The van der Waals surface area contributed by atoms with E-state index in [1.165, 1.54) is 11.3 Å². The van der Waals surface area contributed by atoms with E-state index in [1.54, 1.807) is 6.20 Å². The molecule has 1 rings (SSSR count). The highest BCUT2D eigenvalue weighted by Crippen LogP contribution is 2.22. The van der Waals surface area contributed by atoms with Gasteiger partial charge in [-0.1, -0.05) is 20.3 Å². The maximum Gasteiger partial charge on any atom is 0.140 e. The third kappa shape index (κ3) is 3.55. The van der Waals surface area contributed by atoms with Gasteiger partial charge in [0.05, 0.1) is 0 Å². The molecule has 0 saturated carbocycles. The first kappa shape index (κ1) is 11.3. The maximum absolute atomic E-state index is 5.28. The van der Waals surface area contributed by atoms with Crippen molar-refractivity contribution in [1.29, 1.82) is 0 Å². The van der Waals surface area contributed by atoms with Gasteiger partial charge in [-0.3, -0.25) is 0 Å². The van der Waals surface area contributed by atoms with Crippen molar-refractivity contribution in [2.75, 3.05) is 11.2 Å². The summed E-state index contributed by atoms with van der Waals surface area (Å²) >= 11 is 1.85. The molecule has 4 heteroatoms. The second-order valence-corrected chi connectivity index (χ2v) is 4.44. The van der Waals surface area contributed by atoms with Crippen LogP contribution in [0.3, 0.4) is 0 Å². The van der Waals surface area contributed by atoms with E-state index in [4.69, 9.17) is 5.84 Å². The third-order valence-corrected chi connectivity index (χ3v) is 3.43. The summed E-state index contributed by atoms with van der Waals surface area (Å²) in [4.78, 5) is 5.27. The third-order valence-electron chi connectivity index (χ3n) is 2.11. The number of hydrogen-bond donors (Lipinski definition) is 2. The lowest BCUT2D eigenvalue weighted by molar-refractivity contribution is 0.637. The summed E-state index contributed by atoms with van der Waals surface area (Å²) < 4.78 is 0. The van der Waals surface area contributed by atoms with Crippen LogP contribution < -0.4 is 11.3 Å². The normalized spacial score (nSPS) is 12.5. The minimum Gasteiger partial charge on any atom is -0.308 e. The average Bonchev–Trinajstić information content (AvgIpc) is 2.26. The van der Waals surface area contributed by atoms with Crippen LogP contribution >= 0.6 is 11.8 Å². The lowest BCUT2D eigenvalue weighted by Gasteiger charge is -2.08. The van der Waals surface area contributed by atoms with Gasteiger partial charge in [0.25, 0.3) is 0 Å². The fraction of sp³-hybridized carbons (Fsp3) is 0.500. The summed E-state index contributed by atoms with van der Waals surface area (Å²) in [6.45, 7) is 4.47. The monoisotopic (exact) mass is 211 g/mol. The standard InChI is InChI=1S/C10H17N3S/c1-3-8(2)7-14-9-4-5-12-10(6-9)13-11/h4-6,8H,3,7,11H2,1-2H3,(H,12,13). The molecule has 1 unspecified atom stereocenters. The molecule has 1 aromatic heterocycles. The molecular weight excluding hydrogens is 194 g/mol. The fourth-order valence-electron chi connectivity index (χ4n) is 0.936. The highest BCUT2D eigenvalue weighted by Gasteiger charge is 2.01. The van der Waals surface area contributed by atoms with Crippen LogP contribution in [0.5, 0.6) is 0 Å². The molecule has 0 fully saturated rings. The Bertz CT molecular complexity index is 278. The van der Waals surface area contributed by atoms with Gasteiger partial charge in [0.15, 0.2) is 0 Å². The van der Waals surface area contributed by atoms with E-state index < -0.39 is 0 Å². The lowest BCUT2D eigenvalue weighted by Crippen LogP contribution is -2.08. The Kier molecular flexibility index (Phi) is 4.76. The second-order valence-electron chi connectivity index (χ2n) is 3.35. The second kappa shape index (κ2) is 5.88.